The molecule has 1 heterocycles. The number of likely N-dealkylation sites (N-methyl/N-ethyl adjacent to an activating group) is 1. The Hall–Kier alpha value is -0.780. The van der Waals surface area contributed by atoms with Crippen LogP contribution < -0.4 is 5.32 Å². The summed E-state index contributed by atoms with van der Waals surface area (Å²) >= 11 is 9.39. The average molecular weight is 347 g/mol. The van der Waals surface area contributed by atoms with Gasteiger partial charge in [0.1, 0.15) is 0 Å². The Balaban J connectivity index is 2.02. The van der Waals surface area contributed by atoms with Gasteiger partial charge in [-0.2, -0.15) is 0 Å². The molecule has 1 fully saturated rings. The minimum Gasteiger partial charge on any atom is -0.323 e. The Morgan fingerprint density at radius 3 is 2.89 bits per heavy atom. The van der Waals surface area contributed by atoms with Gasteiger partial charge in [-0.3, -0.25) is 0 Å². The van der Waals surface area contributed by atoms with E-state index in [-0.39, 0.29) is 6.03 Å². The molecule has 1 saturated heterocycles. The second-order valence-electron chi connectivity index (χ2n) is 4.68. The number of halogens is 2. The van der Waals surface area contributed by atoms with Crippen LogP contribution in [0.1, 0.15) is 6.42 Å². The van der Waals surface area contributed by atoms with Crippen LogP contribution in [-0.2, 0) is 0 Å². The molecule has 4 nitrogen and oxygen atoms in total. The molecule has 0 unspecified atom stereocenters. The first-order valence-electron chi connectivity index (χ1n) is 6.26. The van der Waals surface area contributed by atoms with Crippen molar-refractivity contribution < 1.29 is 4.79 Å². The summed E-state index contributed by atoms with van der Waals surface area (Å²) < 4.78 is 0.719. The lowest BCUT2D eigenvalue weighted by molar-refractivity contribution is 0.213. The summed E-state index contributed by atoms with van der Waals surface area (Å²) in [6.07, 6.45) is 1.00. The zero-order chi connectivity index (χ0) is 13.8. The van der Waals surface area contributed by atoms with Crippen LogP contribution in [0, 0.1) is 0 Å². The first-order valence-corrected chi connectivity index (χ1v) is 7.43. The van der Waals surface area contributed by atoms with E-state index in [2.05, 4.69) is 33.2 Å². The van der Waals surface area contributed by atoms with Crippen molar-refractivity contribution in [2.24, 2.45) is 0 Å². The van der Waals surface area contributed by atoms with Gasteiger partial charge < -0.3 is 15.1 Å². The van der Waals surface area contributed by atoms with Crippen LogP contribution in [0.15, 0.2) is 22.7 Å². The van der Waals surface area contributed by atoms with Gasteiger partial charge in [-0.15, -0.1) is 0 Å². The topological polar surface area (TPSA) is 35.6 Å². The third-order valence-corrected chi connectivity index (χ3v) is 4.60. The number of nitrogens with one attached hydrogen (secondary N) is 1. The van der Waals surface area contributed by atoms with Gasteiger partial charge in [-0.05, 0) is 48.1 Å². The molecular weight excluding hydrogens is 330 g/mol. The Labute approximate surface area is 126 Å². The molecule has 0 atom stereocenters. The number of carbonyl (C=O) groups is 1. The van der Waals surface area contributed by atoms with Crippen molar-refractivity contribution in [1.82, 2.24) is 9.80 Å². The SMILES string of the molecule is CN1CCCN(C(=O)Nc2cccc(Cl)c2Br)CC1. The van der Waals surface area contributed by atoms with Gasteiger partial charge in [-0.25, -0.2) is 4.79 Å². The summed E-state index contributed by atoms with van der Waals surface area (Å²) in [7, 11) is 2.08. The van der Waals surface area contributed by atoms with Crippen molar-refractivity contribution in [3.63, 3.8) is 0 Å². The first-order chi connectivity index (χ1) is 9.08. The normalized spacial score (nSPS) is 17.1. The van der Waals surface area contributed by atoms with Gasteiger partial charge in [0.15, 0.2) is 0 Å². The lowest BCUT2D eigenvalue weighted by Crippen LogP contribution is -2.37. The molecule has 0 radical (unpaired) electrons. The molecular formula is C13H17BrClN3O. The second kappa shape index (κ2) is 6.59. The zero-order valence-corrected chi connectivity index (χ0v) is 13.2. The smallest absolute Gasteiger partial charge is 0.321 e. The number of hydrogen-bond donors (Lipinski definition) is 1. The molecule has 0 saturated carbocycles. The third-order valence-electron chi connectivity index (χ3n) is 3.20. The largest absolute Gasteiger partial charge is 0.323 e. The summed E-state index contributed by atoms with van der Waals surface area (Å²) in [5.74, 6) is 0. The number of rotatable bonds is 1. The van der Waals surface area contributed by atoms with E-state index in [0.717, 1.165) is 37.1 Å². The van der Waals surface area contributed by atoms with Gasteiger partial charge in [0.25, 0.3) is 0 Å². The van der Waals surface area contributed by atoms with E-state index < -0.39 is 0 Å². The molecule has 0 aromatic heterocycles. The molecule has 1 aromatic carbocycles. The van der Waals surface area contributed by atoms with E-state index >= 15 is 0 Å². The van der Waals surface area contributed by atoms with E-state index in [0.29, 0.717) is 10.7 Å². The summed E-state index contributed by atoms with van der Waals surface area (Å²) in [5.41, 5.74) is 0.704. The molecule has 1 N–H and O–H groups in total. The molecule has 1 aromatic rings. The summed E-state index contributed by atoms with van der Waals surface area (Å²) in [6.45, 7) is 3.48. The van der Waals surface area contributed by atoms with E-state index in [4.69, 9.17) is 11.6 Å². The van der Waals surface area contributed by atoms with Crippen LogP contribution in [0.4, 0.5) is 10.5 Å². The Kier molecular flexibility index (Phi) is 5.07. The molecule has 2 rings (SSSR count). The summed E-state index contributed by atoms with van der Waals surface area (Å²) in [4.78, 5) is 16.3. The molecule has 1 aliphatic rings. The maximum Gasteiger partial charge on any atom is 0.321 e. The molecule has 0 aliphatic carbocycles. The number of hydrogen-bond acceptors (Lipinski definition) is 2. The maximum atomic E-state index is 12.2. The fourth-order valence-electron chi connectivity index (χ4n) is 2.04. The molecule has 1 aliphatic heterocycles. The number of amides is 2. The summed E-state index contributed by atoms with van der Waals surface area (Å²) in [6, 6.07) is 5.36. The van der Waals surface area contributed by atoms with Crippen molar-refractivity contribution in [3.8, 4) is 0 Å². The van der Waals surface area contributed by atoms with E-state index in [9.17, 15) is 4.79 Å². The fourth-order valence-corrected chi connectivity index (χ4v) is 2.58. The number of nitrogens with zero attached hydrogens (tertiary/aromatic N) is 2. The highest BCUT2D eigenvalue weighted by Crippen LogP contribution is 2.30. The average Bonchev–Trinajstić information content (AvgIpc) is 2.60. The molecule has 2 amide bonds. The highest BCUT2D eigenvalue weighted by molar-refractivity contribution is 9.10. The van der Waals surface area contributed by atoms with Crippen molar-refractivity contribution >= 4 is 39.2 Å². The predicted molar refractivity (Wildman–Crippen MR) is 81.9 cm³/mol. The number of benzene rings is 1. The Bertz CT molecular complexity index is 469. The van der Waals surface area contributed by atoms with Crippen LogP contribution in [-0.4, -0.2) is 49.1 Å². The monoisotopic (exact) mass is 345 g/mol. The minimum absolute atomic E-state index is 0.0710. The fraction of sp³-hybridized carbons (Fsp3) is 0.462. The number of urea groups is 1. The molecule has 0 spiro atoms. The van der Waals surface area contributed by atoms with E-state index in [1.165, 1.54) is 0 Å². The quantitative estimate of drug-likeness (QED) is 0.847. The first kappa shape index (κ1) is 14.6. The van der Waals surface area contributed by atoms with Crippen LogP contribution >= 0.6 is 27.5 Å². The highest BCUT2D eigenvalue weighted by Gasteiger charge is 2.18. The highest BCUT2D eigenvalue weighted by atomic mass is 79.9. The lowest BCUT2D eigenvalue weighted by Gasteiger charge is -2.21. The van der Waals surface area contributed by atoms with Crippen molar-refractivity contribution in [3.05, 3.63) is 27.7 Å². The number of carbonyl (C=O) groups excluding carboxylic acids is 1. The van der Waals surface area contributed by atoms with Gasteiger partial charge >= 0.3 is 6.03 Å². The van der Waals surface area contributed by atoms with E-state index in [1.807, 2.05) is 17.0 Å². The van der Waals surface area contributed by atoms with Gasteiger partial charge in [0.05, 0.1) is 15.2 Å². The third kappa shape index (κ3) is 3.84. The Morgan fingerprint density at radius 1 is 1.32 bits per heavy atom. The van der Waals surface area contributed by atoms with E-state index in [1.54, 1.807) is 6.07 Å². The second-order valence-corrected chi connectivity index (χ2v) is 5.88. The van der Waals surface area contributed by atoms with Crippen LogP contribution in [0.25, 0.3) is 0 Å². The standard InChI is InChI=1S/C13H17BrClN3O/c1-17-6-3-7-18(9-8-17)13(19)16-11-5-2-4-10(15)12(11)14/h2,4-5H,3,6-9H2,1H3,(H,16,19). The molecule has 104 valence electrons. The Morgan fingerprint density at radius 2 is 2.11 bits per heavy atom. The van der Waals surface area contributed by atoms with Gasteiger partial charge in [0, 0.05) is 19.6 Å². The predicted octanol–water partition coefficient (Wildman–Crippen LogP) is 3.27. The van der Waals surface area contributed by atoms with Gasteiger partial charge in [0.2, 0.25) is 0 Å². The van der Waals surface area contributed by atoms with Crippen molar-refractivity contribution in [2.75, 3.05) is 38.5 Å². The van der Waals surface area contributed by atoms with Crippen molar-refractivity contribution in [1.29, 1.82) is 0 Å². The molecule has 19 heavy (non-hydrogen) atoms. The maximum absolute atomic E-state index is 12.2. The number of anilines is 1. The van der Waals surface area contributed by atoms with Crippen LogP contribution in [0.2, 0.25) is 5.02 Å². The lowest BCUT2D eigenvalue weighted by atomic mass is 10.3. The molecule has 0 bridgehead atoms. The summed E-state index contributed by atoms with van der Waals surface area (Å²) in [5, 5.41) is 3.49. The minimum atomic E-state index is -0.0710. The van der Waals surface area contributed by atoms with Crippen LogP contribution in [0.5, 0.6) is 0 Å². The zero-order valence-electron chi connectivity index (χ0n) is 10.8. The van der Waals surface area contributed by atoms with Gasteiger partial charge in [-0.1, -0.05) is 17.7 Å². The van der Waals surface area contributed by atoms with Crippen LogP contribution in [0.3, 0.4) is 0 Å². The van der Waals surface area contributed by atoms with Crippen molar-refractivity contribution in [2.45, 2.75) is 6.42 Å². The molecule has 6 heteroatoms.